The average Bonchev–Trinajstić information content (AvgIpc) is 1.96. The Morgan fingerprint density at radius 3 is 2.67 bits per heavy atom. The smallest absolute Gasteiger partial charge is 0.282 e. The van der Waals surface area contributed by atoms with Crippen LogP contribution < -0.4 is 5.73 Å². The first kappa shape index (κ1) is 9.63. The van der Waals surface area contributed by atoms with Gasteiger partial charge in [-0.05, 0) is 41.1 Å². The van der Waals surface area contributed by atoms with Crippen molar-refractivity contribution in [3.8, 4) is 0 Å². The zero-order valence-electron chi connectivity index (χ0n) is 6.31. The number of aryl methyl sites for hydroxylation is 1. The summed E-state index contributed by atoms with van der Waals surface area (Å²) in [5, 5.41) is 0. The fourth-order valence-corrected chi connectivity index (χ4v) is 1.56. The monoisotopic (exact) mass is 284 g/mol. The van der Waals surface area contributed by atoms with Crippen molar-refractivity contribution in [1.82, 2.24) is 4.98 Å². The SMILES string of the molecule is Cc1cc(I)nc(C(F)F)c1N. The Bertz CT molecular complexity index is 302. The van der Waals surface area contributed by atoms with Crippen LogP contribution >= 0.6 is 22.6 Å². The molecule has 0 amide bonds. The lowest BCUT2D eigenvalue weighted by Gasteiger charge is -2.06. The summed E-state index contributed by atoms with van der Waals surface area (Å²) in [6, 6.07) is 1.67. The van der Waals surface area contributed by atoms with Crippen molar-refractivity contribution >= 4 is 28.3 Å². The second kappa shape index (κ2) is 3.51. The predicted octanol–water partition coefficient (Wildman–Crippen LogP) is 2.51. The zero-order chi connectivity index (χ0) is 9.30. The van der Waals surface area contributed by atoms with E-state index in [4.69, 9.17) is 5.73 Å². The Labute approximate surface area is 82.3 Å². The molecule has 1 aromatic heterocycles. The molecular weight excluding hydrogens is 277 g/mol. The maximum atomic E-state index is 12.2. The van der Waals surface area contributed by atoms with Crippen molar-refractivity contribution in [2.75, 3.05) is 5.73 Å². The second-order valence-electron chi connectivity index (χ2n) is 2.36. The molecule has 1 rings (SSSR count). The van der Waals surface area contributed by atoms with E-state index in [2.05, 4.69) is 4.98 Å². The van der Waals surface area contributed by atoms with Crippen molar-refractivity contribution in [1.29, 1.82) is 0 Å². The quantitative estimate of drug-likeness (QED) is 0.635. The predicted molar refractivity (Wildman–Crippen MR) is 51.1 cm³/mol. The molecule has 66 valence electrons. The lowest BCUT2D eigenvalue weighted by Crippen LogP contribution is -2.02. The van der Waals surface area contributed by atoms with E-state index in [9.17, 15) is 8.78 Å². The van der Waals surface area contributed by atoms with Gasteiger partial charge in [-0.1, -0.05) is 0 Å². The van der Waals surface area contributed by atoms with Gasteiger partial charge >= 0.3 is 0 Å². The highest BCUT2D eigenvalue weighted by molar-refractivity contribution is 14.1. The minimum Gasteiger partial charge on any atom is -0.397 e. The van der Waals surface area contributed by atoms with Crippen LogP contribution in [0, 0.1) is 10.6 Å². The number of pyridine rings is 1. The molecular formula is C7H7F2IN2. The van der Waals surface area contributed by atoms with E-state index in [1.807, 2.05) is 22.6 Å². The third-order valence-electron chi connectivity index (χ3n) is 1.47. The van der Waals surface area contributed by atoms with E-state index in [1.54, 1.807) is 13.0 Å². The number of anilines is 1. The molecule has 0 saturated heterocycles. The third-order valence-corrected chi connectivity index (χ3v) is 2.02. The van der Waals surface area contributed by atoms with Gasteiger partial charge in [0.25, 0.3) is 6.43 Å². The molecule has 0 unspecified atom stereocenters. The maximum Gasteiger partial charge on any atom is 0.282 e. The molecule has 0 fully saturated rings. The second-order valence-corrected chi connectivity index (χ2v) is 3.47. The number of hydrogen-bond donors (Lipinski definition) is 1. The molecule has 0 aliphatic carbocycles. The Balaban J connectivity index is 3.28. The number of rotatable bonds is 1. The summed E-state index contributed by atoms with van der Waals surface area (Å²) in [4.78, 5) is 3.64. The minimum atomic E-state index is -2.60. The van der Waals surface area contributed by atoms with Gasteiger partial charge in [0, 0.05) is 0 Å². The fourth-order valence-electron chi connectivity index (χ4n) is 0.832. The third kappa shape index (κ3) is 1.82. The molecule has 0 aromatic carbocycles. The molecule has 0 atom stereocenters. The van der Waals surface area contributed by atoms with Crippen molar-refractivity contribution < 1.29 is 8.78 Å². The van der Waals surface area contributed by atoms with Crippen LogP contribution in [-0.4, -0.2) is 4.98 Å². The van der Waals surface area contributed by atoms with E-state index in [0.29, 0.717) is 9.26 Å². The van der Waals surface area contributed by atoms with Crippen LogP contribution in [0.4, 0.5) is 14.5 Å². The highest BCUT2D eigenvalue weighted by atomic mass is 127. The van der Waals surface area contributed by atoms with Crippen LogP contribution in [0.3, 0.4) is 0 Å². The highest BCUT2D eigenvalue weighted by Crippen LogP contribution is 2.26. The molecule has 0 bridgehead atoms. The standard InChI is InChI=1S/C7H7F2IN2/c1-3-2-4(10)12-6(5(3)11)7(8)9/h2,7H,11H2,1H3. The summed E-state index contributed by atoms with van der Waals surface area (Å²) in [6.45, 7) is 1.69. The van der Waals surface area contributed by atoms with E-state index in [-0.39, 0.29) is 11.4 Å². The van der Waals surface area contributed by atoms with Crippen LogP contribution in [0.2, 0.25) is 0 Å². The summed E-state index contributed by atoms with van der Waals surface area (Å²) >= 11 is 1.88. The van der Waals surface area contributed by atoms with Crippen LogP contribution in [0.1, 0.15) is 17.7 Å². The van der Waals surface area contributed by atoms with Gasteiger partial charge in [0.05, 0.1) is 5.69 Å². The first-order valence-electron chi connectivity index (χ1n) is 3.23. The lowest BCUT2D eigenvalue weighted by molar-refractivity contribution is 0.146. The van der Waals surface area contributed by atoms with Crippen molar-refractivity contribution in [2.24, 2.45) is 0 Å². The summed E-state index contributed by atoms with van der Waals surface area (Å²) < 4.78 is 25.0. The molecule has 5 heteroatoms. The molecule has 1 heterocycles. The van der Waals surface area contributed by atoms with E-state index in [0.717, 1.165) is 0 Å². The summed E-state index contributed by atoms with van der Waals surface area (Å²) in [7, 11) is 0. The number of halogens is 3. The zero-order valence-corrected chi connectivity index (χ0v) is 8.47. The van der Waals surface area contributed by atoms with Gasteiger partial charge in [-0.3, -0.25) is 0 Å². The lowest BCUT2D eigenvalue weighted by atomic mass is 10.2. The van der Waals surface area contributed by atoms with Crippen molar-refractivity contribution in [3.63, 3.8) is 0 Å². The van der Waals surface area contributed by atoms with E-state index < -0.39 is 6.43 Å². The Morgan fingerprint density at radius 2 is 2.17 bits per heavy atom. The molecule has 2 N–H and O–H groups in total. The minimum absolute atomic E-state index is 0.0883. The largest absolute Gasteiger partial charge is 0.397 e. The summed E-state index contributed by atoms with van der Waals surface area (Å²) in [5.41, 5.74) is 5.82. The van der Waals surface area contributed by atoms with Crippen LogP contribution in [0.25, 0.3) is 0 Å². The molecule has 1 aromatic rings. The van der Waals surface area contributed by atoms with Gasteiger partial charge in [0.1, 0.15) is 9.39 Å². The van der Waals surface area contributed by atoms with Crippen molar-refractivity contribution in [3.05, 3.63) is 21.0 Å². The molecule has 0 aliphatic heterocycles. The van der Waals surface area contributed by atoms with E-state index >= 15 is 0 Å². The van der Waals surface area contributed by atoms with Gasteiger partial charge < -0.3 is 5.73 Å². The average molecular weight is 284 g/mol. The Morgan fingerprint density at radius 1 is 1.58 bits per heavy atom. The molecule has 0 saturated carbocycles. The number of hydrogen-bond acceptors (Lipinski definition) is 2. The van der Waals surface area contributed by atoms with Gasteiger partial charge in [0.15, 0.2) is 0 Å². The molecule has 0 spiro atoms. The Hall–Kier alpha value is -0.460. The number of alkyl halides is 2. The maximum absolute atomic E-state index is 12.2. The highest BCUT2D eigenvalue weighted by Gasteiger charge is 2.15. The topological polar surface area (TPSA) is 38.9 Å². The molecule has 0 aliphatic rings. The number of nitrogens with two attached hydrogens (primary N) is 1. The first-order valence-corrected chi connectivity index (χ1v) is 4.31. The van der Waals surface area contributed by atoms with Crippen molar-refractivity contribution in [2.45, 2.75) is 13.3 Å². The Kier molecular flexibility index (Phi) is 2.81. The van der Waals surface area contributed by atoms with Gasteiger partial charge in [-0.2, -0.15) is 0 Å². The van der Waals surface area contributed by atoms with Crippen LogP contribution in [0.15, 0.2) is 6.07 Å². The number of aromatic nitrogens is 1. The van der Waals surface area contributed by atoms with Gasteiger partial charge in [0.2, 0.25) is 0 Å². The summed E-state index contributed by atoms with van der Waals surface area (Å²) in [5.74, 6) is 0. The summed E-state index contributed by atoms with van der Waals surface area (Å²) in [6.07, 6.45) is -2.60. The van der Waals surface area contributed by atoms with Gasteiger partial charge in [-0.15, -0.1) is 0 Å². The fraction of sp³-hybridized carbons (Fsp3) is 0.286. The van der Waals surface area contributed by atoms with Crippen LogP contribution in [-0.2, 0) is 0 Å². The van der Waals surface area contributed by atoms with Gasteiger partial charge in [-0.25, -0.2) is 13.8 Å². The number of nitrogens with zero attached hydrogens (tertiary/aromatic N) is 1. The molecule has 0 radical (unpaired) electrons. The van der Waals surface area contributed by atoms with E-state index in [1.165, 1.54) is 0 Å². The molecule has 2 nitrogen and oxygen atoms in total. The first-order chi connectivity index (χ1) is 5.52. The molecule has 12 heavy (non-hydrogen) atoms. The van der Waals surface area contributed by atoms with Crippen LogP contribution in [0.5, 0.6) is 0 Å². The number of nitrogen functional groups attached to an aromatic ring is 1. The normalized spacial score (nSPS) is 10.8.